The predicted octanol–water partition coefficient (Wildman–Crippen LogP) is 4.04. The van der Waals surface area contributed by atoms with Gasteiger partial charge in [-0.1, -0.05) is 18.2 Å². The first kappa shape index (κ1) is 18.8. The van der Waals surface area contributed by atoms with Crippen LogP contribution in [0.4, 0.5) is 11.4 Å². The van der Waals surface area contributed by atoms with Gasteiger partial charge in [0.2, 0.25) is 5.76 Å². The minimum Gasteiger partial charge on any atom is -0.449 e. The van der Waals surface area contributed by atoms with E-state index in [1.54, 1.807) is 30.3 Å². The minimum atomic E-state index is -1.03. The lowest BCUT2D eigenvalue weighted by molar-refractivity contribution is -0.384. The molecule has 1 atom stereocenters. The summed E-state index contributed by atoms with van der Waals surface area (Å²) in [6.07, 6.45) is -1.03. The highest BCUT2D eigenvalue weighted by molar-refractivity contribution is 5.96. The number of furan rings is 1. The number of amides is 1. The summed E-state index contributed by atoms with van der Waals surface area (Å²) in [6, 6.07) is 17.5. The number of rotatable bonds is 6. The number of anilines is 1. The number of ether oxygens (including phenoxy) is 1. The molecule has 8 heteroatoms. The summed E-state index contributed by atoms with van der Waals surface area (Å²) in [7, 11) is 0. The second kappa shape index (κ2) is 8.17. The second-order valence-electron chi connectivity index (χ2n) is 5.87. The van der Waals surface area contributed by atoms with Crippen LogP contribution in [0.1, 0.15) is 17.5 Å². The molecule has 1 amide bonds. The molecule has 142 valence electrons. The lowest BCUT2D eigenvalue weighted by atomic mass is 10.1. The maximum absolute atomic E-state index is 12.2. The van der Waals surface area contributed by atoms with E-state index < -0.39 is 22.9 Å². The number of non-ortho nitro benzene ring substituents is 1. The van der Waals surface area contributed by atoms with Crippen molar-refractivity contribution in [3.05, 3.63) is 82.6 Å². The highest BCUT2D eigenvalue weighted by Gasteiger charge is 2.21. The molecule has 0 bridgehead atoms. The third kappa shape index (κ3) is 4.42. The van der Waals surface area contributed by atoms with Crippen molar-refractivity contribution in [2.75, 3.05) is 5.32 Å². The van der Waals surface area contributed by atoms with Gasteiger partial charge in [-0.25, -0.2) is 4.79 Å². The summed E-state index contributed by atoms with van der Waals surface area (Å²) in [4.78, 5) is 34.5. The highest BCUT2D eigenvalue weighted by atomic mass is 16.6. The van der Waals surface area contributed by atoms with Gasteiger partial charge < -0.3 is 14.5 Å². The molecule has 0 saturated heterocycles. The lowest BCUT2D eigenvalue weighted by Gasteiger charge is -2.12. The zero-order chi connectivity index (χ0) is 20.1. The SMILES string of the molecule is C[C@@H](OC(=O)c1ccc(-c2ccc([N+](=O)[O-])cc2)o1)C(=O)Nc1ccccc1. The van der Waals surface area contributed by atoms with Crippen molar-refractivity contribution in [2.24, 2.45) is 0 Å². The standard InChI is InChI=1S/C20H16N2O6/c1-13(19(23)21-15-5-3-2-4-6-15)27-20(24)18-12-11-17(28-18)14-7-9-16(10-8-14)22(25)26/h2-13H,1H3,(H,21,23)/t13-/m1/s1. The predicted molar refractivity (Wildman–Crippen MR) is 101 cm³/mol. The van der Waals surface area contributed by atoms with Crippen LogP contribution in [0.15, 0.2) is 71.1 Å². The van der Waals surface area contributed by atoms with E-state index in [0.717, 1.165) is 0 Å². The van der Waals surface area contributed by atoms with Crippen LogP contribution in [0.2, 0.25) is 0 Å². The van der Waals surface area contributed by atoms with E-state index in [9.17, 15) is 19.7 Å². The van der Waals surface area contributed by atoms with Crippen LogP contribution in [0, 0.1) is 10.1 Å². The summed E-state index contributed by atoms with van der Waals surface area (Å²) < 4.78 is 10.6. The quantitative estimate of drug-likeness (QED) is 0.392. The van der Waals surface area contributed by atoms with Crippen LogP contribution in [-0.4, -0.2) is 22.9 Å². The summed E-state index contributed by atoms with van der Waals surface area (Å²) in [6.45, 7) is 1.45. The van der Waals surface area contributed by atoms with E-state index in [2.05, 4.69) is 5.32 Å². The molecule has 0 fully saturated rings. The normalized spacial score (nSPS) is 11.5. The molecule has 0 saturated carbocycles. The number of nitro benzene ring substituents is 1. The van der Waals surface area contributed by atoms with E-state index in [-0.39, 0.29) is 11.4 Å². The maximum atomic E-state index is 12.2. The van der Waals surface area contributed by atoms with Crippen LogP contribution in [-0.2, 0) is 9.53 Å². The van der Waals surface area contributed by atoms with Crippen LogP contribution >= 0.6 is 0 Å². The Morgan fingerprint density at radius 1 is 1.04 bits per heavy atom. The van der Waals surface area contributed by atoms with Gasteiger partial charge in [0.25, 0.3) is 11.6 Å². The van der Waals surface area contributed by atoms with Gasteiger partial charge in [0.15, 0.2) is 6.10 Å². The molecule has 2 aromatic carbocycles. The summed E-state index contributed by atoms with van der Waals surface area (Å²) >= 11 is 0. The first-order valence-electron chi connectivity index (χ1n) is 8.35. The minimum absolute atomic E-state index is 0.0480. The third-order valence-corrected chi connectivity index (χ3v) is 3.86. The van der Waals surface area contributed by atoms with Crippen molar-refractivity contribution in [2.45, 2.75) is 13.0 Å². The first-order valence-corrected chi connectivity index (χ1v) is 8.35. The van der Waals surface area contributed by atoms with Gasteiger partial charge in [0.1, 0.15) is 5.76 Å². The Hall–Kier alpha value is -3.94. The number of hydrogen-bond donors (Lipinski definition) is 1. The molecule has 0 unspecified atom stereocenters. The zero-order valence-corrected chi connectivity index (χ0v) is 14.8. The molecular formula is C20H16N2O6. The van der Waals surface area contributed by atoms with Crippen molar-refractivity contribution in [1.29, 1.82) is 0 Å². The highest BCUT2D eigenvalue weighted by Crippen LogP contribution is 2.25. The summed E-state index contributed by atoms with van der Waals surface area (Å²) in [5, 5.41) is 13.3. The van der Waals surface area contributed by atoms with Crippen LogP contribution in [0.25, 0.3) is 11.3 Å². The Bertz CT molecular complexity index is 995. The first-order chi connectivity index (χ1) is 13.4. The maximum Gasteiger partial charge on any atom is 0.375 e. The Kier molecular flexibility index (Phi) is 5.50. The van der Waals surface area contributed by atoms with E-state index in [1.165, 1.54) is 37.3 Å². The van der Waals surface area contributed by atoms with Gasteiger partial charge in [-0.3, -0.25) is 14.9 Å². The average molecular weight is 380 g/mol. The number of carbonyl (C=O) groups excluding carboxylic acids is 2. The topological polar surface area (TPSA) is 112 Å². The van der Waals surface area contributed by atoms with E-state index in [0.29, 0.717) is 17.0 Å². The molecule has 0 aliphatic heterocycles. The van der Waals surface area contributed by atoms with E-state index >= 15 is 0 Å². The second-order valence-corrected chi connectivity index (χ2v) is 5.87. The Morgan fingerprint density at radius 3 is 2.36 bits per heavy atom. The number of benzene rings is 2. The van der Waals surface area contributed by atoms with Gasteiger partial charge in [-0.15, -0.1) is 0 Å². The fourth-order valence-electron chi connectivity index (χ4n) is 2.39. The van der Waals surface area contributed by atoms with Crippen molar-refractivity contribution in [3.8, 4) is 11.3 Å². The van der Waals surface area contributed by atoms with Gasteiger partial charge in [-0.05, 0) is 43.3 Å². The molecule has 1 heterocycles. The fraction of sp³-hybridized carbons (Fsp3) is 0.100. The Labute approximate surface area is 159 Å². The largest absolute Gasteiger partial charge is 0.449 e. The number of nitro groups is 1. The Morgan fingerprint density at radius 2 is 1.71 bits per heavy atom. The number of esters is 1. The molecule has 0 radical (unpaired) electrons. The molecule has 1 N–H and O–H groups in total. The smallest absolute Gasteiger partial charge is 0.375 e. The monoisotopic (exact) mass is 380 g/mol. The number of para-hydroxylation sites is 1. The summed E-state index contributed by atoms with van der Waals surface area (Å²) in [5.74, 6) is -0.985. The van der Waals surface area contributed by atoms with Gasteiger partial charge in [0.05, 0.1) is 4.92 Å². The van der Waals surface area contributed by atoms with Crippen molar-refractivity contribution in [1.82, 2.24) is 0 Å². The van der Waals surface area contributed by atoms with Crippen molar-refractivity contribution < 1.29 is 23.7 Å². The van der Waals surface area contributed by atoms with Crippen molar-refractivity contribution in [3.63, 3.8) is 0 Å². The number of hydrogen-bond acceptors (Lipinski definition) is 6. The molecule has 3 aromatic rings. The van der Waals surface area contributed by atoms with Crippen LogP contribution < -0.4 is 5.32 Å². The van der Waals surface area contributed by atoms with Gasteiger partial charge >= 0.3 is 5.97 Å². The number of nitrogens with zero attached hydrogens (tertiary/aromatic N) is 1. The van der Waals surface area contributed by atoms with Gasteiger partial charge in [-0.2, -0.15) is 0 Å². The summed E-state index contributed by atoms with van der Waals surface area (Å²) in [5.41, 5.74) is 1.11. The lowest BCUT2D eigenvalue weighted by Crippen LogP contribution is -2.29. The van der Waals surface area contributed by atoms with Gasteiger partial charge in [0, 0.05) is 23.4 Å². The van der Waals surface area contributed by atoms with Crippen LogP contribution in [0.3, 0.4) is 0 Å². The molecular weight excluding hydrogens is 364 g/mol. The Balaban J connectivity index is 1.63. The molecule has 28 heavy (non-hydrogen) atoms. The molecule has 0 spiro atoms. The molecule has 0 aliphatic carbocycles. The molecule has 8 nitrogen and oxygen atoms in total. The third-order valence-electron chi connectivity index (χ3n) is 3.86. The molecule has 1 aromatic heterocycles. The number of nitrogens with one attached hydrogen (secondary N) is 1. The van der Waals surface area contributed by atoms with E-state index in [4.69, 9.17) is 9.15 Å². The molecule has 3 rings (SSSR count). The average Bonchev–Trinajstić information content (AvgIpc) is 3.19. The molecule has 0 aliphatic rings. The fourth-order valence-corrected chi connectivity index (χ4v) is 2.39. The van der Waals surface area contributed by atoms with Crippen LogP contribution in [0.5, 0.6) is 0 Å². The zero-order valence-electron chi connectivity index (χ0n) is 14.8. The van der Waals surface area contributed by atoms with E-state index in [1.807, 2.05) is 6.07 Å². The number of carbonyl (C=O) groups is 2. The van der Waals surface area contributed by atoms with Crippen molar-refractivity contribution >= 4 is 23.3 Å².